The molecule has 9 heteroatoms. The second-order valence-corrected chi connectivity index (χ2v) is 5.90. The fourth-order valence-corrected chi connectivity index (χ4v) is 3.03. The van der Waals surface area contributed by atoms with Crippen LogP contribution in [0.3, 0.4) is 0 Å². The molecule has 1 N–H and O–H groups in total. The standard InChI is InChI=1S/C10H9ClF2N2O2S2/c1-3-14-10(18-2)15-19(16,17)9-4-6(11)7(12)5-8(9)13/h3-5H,1H2,2H3,(H,14,15). The monoisotopic (exact) mass is 326 g/mol. The first-order valence-electron chi connectivity index (χ1n) is 4.72. The van der Waals surface area contributed by atoms with Crippen LogP contribution in [0.15, 0.2) is 34.2 Å². The Morgan fingerprint density at radius 2 is 2.11 bits per heavy atom. The van der Waals surface area contributed by atoms with E-state index in [1.54, 1.807) is 6.26 Å². The normalized spacial score (nSPS) is 12.3. The van der Waals surface area contributed by atoms with Gasteiger partial charge in [0.2, 0.25) is 0 Å². The highest BCUT2D eigenvalue weighted by molar-refractivity contribution is 8.13. The Labute approximate surface area is 118 Å². The molecule has 0 saturated heterocycles. The minimum absolute atomic E-state index is 0.00477. The van der Waals surface area contributed by atoms with Crippen LogP contribution in [0.4, 0.5) is 8.78 Å². The minimum atomic E-state index is -4.33. The number of rotatable bonds is 3. The number of benzene rings is 1. The van der Waals surface area contributed by atoms with E-state index < -0.39 is 31.6 Å². The van der Waals surface area contributed by atoms with Gasteiger partial charge in [0.15, 0.2) is 5.17 Å². The summed E-state index contributed by atoms with van der Waals surface area (Å²) in [6.45, 7) is 3.35. The van der Waals surface area contributed by atoms with Crippen molar-refractivity contribution in [1.82, 2.24) is 5.32 Å². The zero-order chi connectivity index (χ0) is 14.6. The largest absolute Gasteiger partial charge is 0.341 e. The van der Waals surface area contributed by atoms with Gasteiger partial charge in [-0.15, -0.1) is 4.40 Å². The first kappa shape index (κ1) is 15.9. The van der Waals surface area contributed by atoms with Gasteiger partial charge in [0, 0.05) is 6.07 Å². The molecule has 0 atom stereocenters. The van der Waals surface area contributed by atoms with Gasteiger partial charge in [0.05, 0.1) is 5.02 Å². The van der Waals surface area contributed by atoms with Gasteiger partial charge in [0.25, 0.3) is 10.0 Å². The summed E-state index contributed by atoms with van der Waals surface area (Å²) in [5.41, 5.74) is 0. The maximum absolute atomic E-state index is 13.5. The number of sulfonamides is 1. The highest BCUT2D eigenvalue weighted by atomic mass is 35.5. The van der Waals surface area contributed by atoms with Crippen molar-refractivity contribution in [3.05, 3.63) is 41.6 Å². The average molecular weight is 327 g/mol. The third-order valence-electron chi connectivity index (χ3n) is 1.87. The number of hydrogen-bond donors (Lipinski definition) is 1. The van der Waals surface area contributed by atoms with Crippen molar-refractivity contribution in [3.8, 4) is 0 Å². The Balaban J connectivity index is 3.35. The topological polar surface area (TPSA) is 58.5 Å². The second kappa shape index (κ2) is 6.36. The Morgan fingerprint density at radius 1 is 1.47 bits per heavy atom. The summed E-state index contributed by atoms with van der Waals surface area (Å²) in [7, 11) is -4.33. The third-order valence-corrected chi connectivity index (χ3v) is 4.17. The molecule has 0 aromatic heterocycles. The Kier molecular flexibility index (Phi) is 5.33. The molecule has 0 fully saturated rings. The SMILES string of the molecule is C=CN/C(=N\S(=O)(=O)c1cc(Cl)c(F)cc1F)SC. The molecule has 0 heterocycles. The van der Waals surface area contributed by atoms with Crippen molar-refractivity contribution in [3.63, 3.8) is 0 Å². The molecule has 1 aromatic carbocycles. The number of hydrogen-bond acceptors (Lipinski definition) is 3. The van der Waals surface area contributed by atoms with Crippen molar-refractivity contribution >= 4 is 38.6 Å². The summed E-state index contributed by atoms with van der Waals surface area (Å²) in [4.78, 5) is -0.795. The molecule has 0 radical (unpaired) electrons. The van der Waals surface area contributed by atoms with Gasteiger partial charge in [-0.2, -0.15) is 8.42 Å². The van der Waals surface area contributed by atoms with Crippen LogP contribution in [0.5, 0.6) is 0 Å². The van der Waals surface area contributed by atoms with E-state index in [0.29, 0.717) is 12.1 Å². The molecule has 0 aliphatic rings. The van der Waals surface area contributed by atoms with Gasteiger partial charge in [0.1, 0.15) is 16.5 Å². The lowest BCUT2D eigenvalue weighted by molar-refractivity contribution is 0.550. The molecule has 1 rings (SSSR count). The van der Waals surface area contributed by atoms with Crippen LogP contribution in [-0.2, 0) is 10.0 Å². The quantitative estimate of drug-likeness (QED) is 0.527. The van der Waals surface area contributed by atoms with Crippen LogP contribution in [0.25, 0.3) is 0 Å². The van der Waals surface area contributed by atoms with Crippen molar-refractivity contribution in [2.45, 2.75) is 4.90 Å². The second-order valence-electron chi connectivity index (χ2n) is 3.12. The number of nitrogens with zero attached hydrogens (tertiary/aromatic N) is 1. The zero-order valence-electron chi connectivity index (χ0n) is 9.65. The summed E-state index contributed by atoms with van der Waals surface area (Å²) in [6, 6.07) is 1.07. The molecule has 0 spiro atoms. The fourth-order valence-electron chi connectivity index (χ4n) is 1.07. The third kappa shape index (κ3) is 3.92. The van der Waals surface area contributed by atoms with Crippen LogP contribution in [0, 0.1) is 11.6 Å². The average Bonchev–Trinajstić information content (AvgIpc) is 2.32. The molecule has 0 amide bonds. The predicted molar refractivity (Wildman–Crippen MR) is 72.8 cm³/mol. The van der Waals surface area contributed by atoms with E-state index >= 15 is 0 Å². The fraction of sp³-hybridized carbons (Fsp3) is 0.100. The van der Waals surface area contributed by atoms with Crippen LogP contribution in [0.2, 0.25) is 5.02 Å². The highest BCUT2D eigenvalue weighted by Gasteiger charge is 2.21. The number of nitrogens with one attached hydrogen (secondary N) is 1. The molecule has 0 aliphatic heterocycles. The maximum Gasteiger partial charge on any atom is 0.287 e. The molecule has 0 aliphatic carbocycles. The molecule has 0 saturated carbocycles. The van der Waals surface area contributed by atoms with Gasteiger partial charge in [-0.3, -0.25) is 0 Å². The van der Waals surface area contributed by atoms with E-state index in [4.69, 9.17) is 11.6 Å². The summed E-state index contributed by atoms with van der Waals surface area (Å²) in [6.07, 6.45) is 2.79. The van der Waals surface area contributed by atoms with E-state index in [-0.39, 0.29) is 5.17 Å². The van der Waals surface area contributed by atoms with Gasteiger partial charge >= 0.3 is 0 Å². The molecule has 19 heavy (non-hydrogen) atoms. The lowest BCUT2D eigenvalue weighted by Crippen LogP contribution is -2.15. The van der Waals surface area contributed by atoms with E-state index in [2.05, 4.69) is 16.3 Å². The summed E-state index contributed by atoms with van der Waals surface area (Å²) < 4.78 is 53.5. The minimum Gasteiger partial charge on any atom is -0.341 e. The first-order valence-corrected chi connectivity index (χ1v) is 7.77. The summed E-state index contributed by atoms with van der Waals surface area (Å²) in [5.74, 6) is -2.30. The molecular weight excluding hydrogens is 318 g/mol. The van der Waals surface area contributed by atoms with E-state index in [9.17, 15) is 17.2 Å². The van der Waals surface area contributed by atoms with Crippen molar-refractivity contribution in [2.75, 3.05) is 6.26 Å². The summed E-state index contributed by atoms with van der Waals surface area (Å²) in [5, 5.41) is 1.96. The molecule has 4 nitrogen and oxygen atoms in total. The van der Waals surface area contributed by atoms with Crippen LogP contribution in [-0.4, -0.2) is 19.8 Å². The number of halogens is 3. The van der Waals surface area contributed by atoms with Gasteiger partial charge < -0.3 is 5.32 Å². The lowest BCUT2D eigenvalue weighted by Gasteiger charge is -2.05. The molecule has 0 bridgehead atoms. The van der Waals surface area contributed by atoms with Crippen molar-refractivity contribution < 1.29 is 17.2 Å². The molecule has 0 unspecified atom stereocenters. The predicted octanol–water partition coefficient (Wildman–Crippen LogP) is 2.76. The van der Waals surface area contributed by atoms with Gasteiger partial charge in [-0.1, -0.05) is 29.9 Å². The van der Waals surface area contributed by atoms with Crippen LogP contribution < -0.4 is 5.32 Å². The highest BCUT2D eigenvalue weighted by Crippen LogP contribution is 2.24. The smallest absolute Gasteiger partial charge is 0.287 e. The van der Waals surface area contributed by atoms with E-state index in [1.807, 2.05) is 0 Å². The molecular formula is C10H9ClF2N2O2S2. The van der Waals surface area contributed by atoms with Gasteiger partial charge in [-0.25, -0.2) is 8.78 Å². The Hall–Kier alpha value is -1.12. The summed E-state index contributed by atoms with van der Waals surface area (Å²) >= 11 is 6.42. The Bertz CT molecular complexity index is 633. The first-order chi connectivity index (χ1) is 8.81. The van der Waals surface area contributed by atoms with E-state index in [1.165, 1.54) is 6.20 Å². The van der Waals surface area contributed by atoms with Crippen molar-refractivity contribution in [1.29, 1.82) is 0 Å². The lowest BCUT2D eigenvalue weighted by atomic mass is 10.3. The number of thioether (sulfide) groups is 1. The molecule has 104 valence electrons. The van der Waals surface area contributed by atoms with Crippen LogP contribution in [0.1, 0.15) is 0 Å². The van der Waals surface area contributed by atoms with Crippen molar-refractivity contribution in [2.24, 2.45) is 4.40 Å². The van der Waals surface area contributed by atoms with E-state index in [0.717, 1.165) is 11.8 Å². The Morgan fingerprint density at radius 3 is 2.63 bits per heavy atom. The van der Waals surface area contributed by atoms with Crippen LogP contribution >= 0.6 is 23.4 Å². The maximum atomic E-state index is 13.5. The molecule has 1 aromatic rings. The number of amidine groups is 1. The zero-order valence-corrected chi connectivity index (χ0v) is 12.0. The van der Waals surface area contributed by atoms with Gasteiger partial charge in [-0.05, 0) is 18.5 Å².